The molecule has 2 heterocycles. The van der Waals surface area contributed by atoms with Crippen LogP contribution in [0.2, 0.25) is 0 Å². The van der Waals surface area contributed by atoms with Gasteiger partial charge < -0.3 is 4.74 Å². The lowest BCUT2D eigenvalue weighted by Crippen LogP contribution is -2.28. The van der Waals surface area contributed by atoms with Gasteiger partial charge in [-0.2, -0.15) is 4.52 Å². The second-order valence-electron chi connectivity index (χ2n) is 5.25. The molecule has 1 N–H and O–H groups in total. The van der Waals surface area contributed by atoms with Crippen molar-refractivity contribution in [1.29, 1.82) is 0 Å². The van der Waals surface area contributed by atoms with Gasteiger partial charge >= 0.3 is 0 Å². The van der Waals surface area contributed by atoms with Gasteiger partial charge in [0.05, 0.1) is 4.90 Å². The molecule has 2 aromatic heterocycles. The van der Waals surface area contributed by atoms with E-state index in [2.05, 4.69) is 20.0 Å². The molecular formula is C15H17N5O3S. The number of nitrogens with one attached hydrogen (secondary N) is 1. The van der Waals surface area contributed by atoms with Crippen molar-refractivity contribution in [1.82, 2.24) is 24.5 Å². The molecule has 0 aliphatic carbocycles. The molecule has 0 saturated heterocycles. The van der Waals surface area contributed by atoms with Crippen LogP contribution in [0.3, 0.4) is 0 Å². The van der Waals surface area contributed by atoms with Gasteiger partial charge in [-0.25, -0.2) is 13.1 Å². The normalized spacial score (nSPS) is 11.8. The lowest BCUT2D eigenvalue weighted by atomic mass is 10.2. The van der Waals surface area contributed by atoms with E-state index in [0.29, 0.717) is 17.4 Å². The Bertz CT molecular complexity index is 968. The Kier molecular flexibility index (Phi) is 4.45. The third-order valence-electron chi connectivity index (χ3n) is 3.34. The van der Waals surface area contributed by atoms with Crippen molar-refractivity contribution in [2.45, 2.75) is 18.7 Å². The summed E-state index contributed by atoms with van der Waals surface area (Å²) in [6, 6.07) is 10.1. The van der Waals surface area contributed by atoms with E-state index >= 15 is 0 Å². The van der Waals surface area contributed by atoms with Gasteiger partial charge in [-0.1, -0.05) is 12.1 Å². The summed E-state index contributed by atoms with van der Waals surface area (Å²) in [5.41, 5.74) is 1.51. The zero-order chi connectivity index (χ0) is 17.2. The molecule has 0 amide bonds. The average Bonchev–Trinajstić information content (AvgIpc) is 2.93. The third-order valence-corrected chi connectivity index (χ3v) is 4.80. The third kappa shape index (κ3) is 3.52. The van der Waals surface area contributed by atoms with Crippen molar-refractivity contribution >= 4 is 15.7 Å². The Balaban J connectivity index is 1.58. The molecule has 126 valence electrons. The number of hydrogen-bond acceptors (Lipinski definition) is 6. The first-order chi connectivity index (χ1) is 11.5. The highest BCUT2D eigenvalue weighted by Gasteiger charge is 2.13. The van der Waals surface area contributed by atoms with Crippen LogP contribution in [0.25, 0.3) is 5.65 Å². The van der Waals surface area contributed by atoms with Gasteiger partial charge in [0.25, 0.3) is 0 Å². The number of sulfonamides is 1. The minimum atomic E-state index is -3.55. The zero-order valence-corrected chi connectivity index (χ0v) is 14.1. The van der Waals surface area contributed by atoms with E-state index in [1.807, 2.05) is 13.0 Å². The van der Waals surface area contributed by atoms with Crippen LogP contribution in [-0.4, -0.2) is 41.4 Å². The van der Waals surface area contributed by atoms with E-state index in [1.165, 1.54) is 0 Å². The van der Waals surface area contributed by atoms with E-state index in [0.717, 1.165) is 5.56 Å². The van der Waals surface area contributed by atoms with Crippen molar-refractivity contribution in [3.8, 4) is 5.88 Å². The van der Waals surface area contributed by atoms with Gasteiger partial charge in [0, 0.05) is 12.6 Å². The minimum absolute atomic E-state index is 0.136. The Morgan fingerprint density at radius 1 is 1.17 bits per heavy atom. The molecule has 8 nitrogen and oxygen atoms in total. The SMILES string of the molecule is Cc1cccc(S(=O)(=O)NCCOc2ccc3nnc(C)n3n2)c1. The molecule has 0 fully saturated rings. The molecule has 0 spiro atoms. The fourth-order valence-electron chi connectivity index (χ4n) is 2.15. The van der Waals surface area contributed by atoms with Gasteiger partial charge in [0.1, 0.15) is 6.61 Å². The smallest absolute Gasteiger partial charge is 0.240 e. The summed E-state index contributed by atoms with van der Waals surface area (Å²) in [7, 11) is -3.55. The standard InChI is InChI=1S/C15H17N5O3S/c1-11-4-3-5-13(10-11)24(21,22)16-8-9-23-15-7-6-14-18-17-12(2)20(14)19-15/h3-7,10,16H,8-9H2,1-2H3. The van der Waals surface area contributed by atoms with Crippen molar-refractivity contribution in [2.24, 2.45) is 0 Å². The molecule has 0 unspecified atom stereocenters. The molecule has 0 aliphatic rings. The summed E-state index contributed by atoms with van der Waals surface area (Å²) in [5, 5.41) is 12.1. The summed E-state index contributed by atoms with van der Waals surface area (Å²) in [6.45, 7) is 3.92. The van der Waals surface area contributed by atoms with E-state index in [4.69, 9.17) is 4.74 Å². The molecule has 9 heteroatoms. The number of ether oxygens (including phenoxy) is 1. The Morgan fingerprint density at radius 3 is 2.79 bits per heavy atom. The Hall–Kier alpha value is -2.52. The molecule has 0 aliphatic heterocycles. The highest BCUT2D eigenvalue weighted by molar-refractivity contribution is 7.89. The van der Waals surface area contributed by atoms with E-state index < -0.39 is 10.0 Å². The summed E-state index contributed by atoms with van der Waals surface area (Å²) in [5.74, 6) is 1.02. The molecule has 3 aromatic rings. The quantitative estimate of drug-likeness (QED) is 0.671. The second-order valence-corrected chi connectivity index (χ2v) is 7.02. The van der Waals surface area contributed by atoms with Gasteiger partial charge in [-0.05, 0) is 37.6 Å². The van der Waals surface area contributed by atoms with Gasteiger partial charge in [0.15, 0.2) is 11.5 Å². The molecule has 0 saturated carbocycles. The maximum Gasteiger partial charge on any atom is 0.240 e. The van der Waals surface area contributed by atoms with E-state index in [9.17, 15) is 8.42 Å². The van der Waals surface area contributed by atoms with Crippen LogP contribution in [0, 0.1) is 13.8 Å². The number of nitrogens with zero attached hydrogens (tertiary/aromatic N) is 4. The van der Waals surface area contributed by atoms with Crippen LogP contribution in [0.1, 0.15) is 11.4 Å². The zero-order valence-electron chi connectivity index (χ0n) is 13.3. The summed E-state index contributed by atoms with van der Waals surface area (Å²) < 4.78 is 33.9. The largest absolute Gasteiger partial charge is 0.475 e. The lowest BCUT2D eigenvalue weighted by molar-refractivity contribution is 0.305. The molecule has 24 heavy (non-hydrogen) atoms. The Labute approximate surface area is 139 Å². The van der Waals surface area contributed by atoms with Crippen LogP contribution < -0.4 is 9.46 Å². The molecule has 0 radical (unpaired) electrons. The summed E-state index contributed by atoms with van der Waals surface area (Å²) in [6.07, 6.45) is 0. The van der Waals surface area contributed by atoms with Gasteiger partial charge in [-0.15, -0.1) is 15.3 Å². The number of aryl methyl sites for hydroxylation is 2. The first-order valence-corrected chi connectivity index (χ1v) is 8.82. The number of aromatic nitrogens is 4. The maximum atomic E-state index is 12.2. The molecule has 3 rings (SSSR count). The fraction of sp³-hybridized carbons (Fsp3) is 0.267. The molecular weight excluding hydrogens is 330 g/mol. The van der Waals surface area contributed by atoms with Crippen molar-refractivity contribution in [3.05, 3.63) is 47.8 Å². The number of rotatable bonds is 6. The molecule has 0 atom stereocenters. The average molecular weight is 347 g/mol. The highest BCUT2D eigenvalue weighted by atomic mass is 32.2. The maximum absolute atomic E-state index is 12.2. The number of hydrogen-bond donors (Lipinski definition) is 1. The summed E-state index contributed by atoms with van der Waals surface area (Å²) in [4.78, 5) is 0.238. The number of benzene rings is 1. The second kappa shape index (κ2) is 6.54. The van der Waals surface area contributed by atoms with Crippen LogP contribution >= 0.6 is 0 Å². The molecule has 0 bridgehead atoms. The van der Waals surface area contributed by atoms with Crippen LogP contribution in [0.5, 0.6) is 5.88 Å². The summed E-state index contributed by atoms with van der Waals surface area (Å²) >= 11 is 0. The van der Waals surface area contributed by atoms with E-state index in [-0.39, 0.29) is 18.0 Å². The Morgan fingerprint density at radius 2 is 2.00 bits per heavy atom. The van der Waals surface area contributed by atoms with E-state index in [1.54, 1.807) is 41.8 Å². The van der Waals surface area contributed by atoms with Crippen molar-refractivity contribution in [2.75, 3.05) is 13.2 Å². The van der Waals surface area contributed by atoms with Crippen LogP contribution in [0.4, 0.5) is 0 Å². The van der Waals surface area contributed by atoms with Crippen LogP contribution in [-0.2, 0) is 10.0 Å². The fourth-order valence-corrected chi connectivity index (χ4v) is 3.27. The first kappa shape index (κ1) is 16.3. The lowest BCUT2D eigenvalue weighted by Gasteiger charge is -2.08. The van der Waals surface area contributed by atoms with Gasteiger partial charge in [-0.3, -0.25) is 0 Å². The predicted octanol–water partition coefficient (Wildman–Crippen LogP) is 1.10. The first-order valence-electron chi connectivity index (χ1n) is 7.34. The van der Waals surface area contributed by atoms with Crippen molar-refractivity contribution in [3.63, 3.8) is 0 Å². The predicted molar refractivity (Wildman–Crippen MR) is 87.4 cm³/mol. The van der Waals surface area contributed by atoms with Crippen molar-refractivity contribution < 1.29 is 13.2 Å². The minimum Gasteiger partial charge on any atom is -0.475 e. The number of fused-ring (bicyclic) bond motifs is 1. The monoisotopic (exact) mass is 347 g/mol. The van der Waals surface area contributed by atoms with Gasteiger partial charge in [0.2, 0.25) is 15.9 Å². The van der Waals surface area contributed by atoms with Crippen LogP contribution in [0.15, 0.2) is 41.3 Å². The highest BCUT2D eigenvalue weighted by Crippen LogP contribution is 2.11. The topological polar surface area (TPSA) is 98.5 Å². The molecule has 1 aromatic carbocycles.